The Bertz CT molecular complexity index is 285. The number of amides is 1. The van der Waals surface area contributed by atoms with E-state index in [9.17, 15) is 14.7 Å². The van der Waals surface area contributed by atoms with Gasteiger partial charge in [0.2, 0.25) is 5.91 Å². The summed E-state index contributed by atoms with van der Waals surface area (Å²) >= 11 is 0. The van der Waals surface area contributed by atoms with E-state index >= 15 is 0 Å². The van der Waals surface area contributed by atoms with Gasteiger partial charge in [0.05, 0.1) is 12.0 Å². The monoisotopic (exact) mass is 323 g/mol. The summed E-state index contributed by atoms with van der Waals surface area (Å²) in [6, 6.07) is -0.846. The van der Waals surface area contributed by atoms with Crippen LogP contribution in [0.2, 0.25) is 0 Å². The maximum atomic E-state index is 11.7. The van der Waals surface area contributed by atoms with Crippen molar-refractivity contribution in [3.05, 3.63) is 0 Å². The molecule has 0 aliphatic heterocycles. The van der Waals surface area contributed by atoms with E-state index < -0.39 is 12.0 Å². The summed E-state index contributed by atoms with van der Waals surface area (Å²) in [7, 11) is 1.52. The molecule has 0 unspecified atom stereocenters. The van der Waals surface area contributed by atoms with Crippen LogP contribution in [0.4, 0.5) is 0 Å². The fraction of sp³-hybridized carbons (Fsp3) is 0.875. The normalized spacial score (nSPS) is 11.6. The van der Waals surface area contributed by atoms with E-state index in [1.165, 1.54) is 63.8 Å². The fourth-order valence-electron chi connectivity index (χ4n) is 2.14. The number of carboxylic acids is 1. The summed E-state index contributed by atoms with van der Waals surface area (Å²) in [4.78, 5) is 23.7. The average Bonchev–Trinajstić information content (AvgIpc) is 2.43. The van der Waals surface area contributed by atoms with Crippen molar-refractivity contribution in [1.82, 2.24) is 4.90 Å². The second kappa shape index (κ2) is 15.5. The molecular weight excluding hydrogens is 293 g/mol. The van der Waals surface area contributed by atoms with Gasteiger partial charge in [0.25, 0.3) is 0 Å². The first-order valence-electron chi connectivity index (χ1n) is 7.97. The van der Waals surface area contributed by atoms with Gasteiger partial charge in [-0.1, -0.05) is 58.3 Å². The van der Waals surface area contributed by atoms with Crippen LogP contribution in [-0.2, 0) is 9.59 Å². The summed E-state index contributed by atoms with van der Waals surface area (Å²) < 4.78 is 0. The van der Waals surface area contributed by atoms with Crippen LogP contribution in [0.1, 0.15) is 78.1 Å². The van der Waals surface area contributed by atoms with Crippen LogP contribution in [-0.4, -0.2) is 29.9 Å². The van der Waals surface area contributed by atoms with E-state index in [1.807, 2.05) is 0 Å². The first-order chi connectivity index (χ1) is 9.50. The number of hydrogen-bond donors (Lipinski definition) is 0. The van der Waals surface area contributed by atoms with Gasteiger partial charge in [-0.15, -0.1) is 0 Å². The van der Waals surface area contributed by atoms with E-state index in [1.54, 1.807) is 0 Å². The molecule has 4 nitrogen and oxygen atoms in total. The van der Waals surface area contributed by atoms with Crippen molar-refractivity contribution in [1.29, 1.82) is 0 Å². The van der Waals surface area contributed by atoms with Crippen molar-refractivity contribution in [2.24, 2.45) is 0 Å². The molecule has 0 aromatic carbocycles. The van der Waals surface area contributed by atoms with Gasteiger partial charge in [-0.2, -0.15) is 0 Å². The fourth-order valence-corrected chi connectivity index (χ4v) is 2.14. The number of aliphatic carboxylic acids is 1. The SMILES string of the molecule is CCCCCCCCCCCC(=O)N(C)[C@@H](C)C(=O)[O-].[K+]. The minimum absolute atomic E-state index is 0. The summed E-state index contributed by atoms with van der Waals surface area (Å²) in [6.45, 7) is 3.69. The Morgan fingerprint density at radius 2 is 1.38 bits per heavy atom. The molecular formula is C16H30KNO3. The Morgan fingerprint density at radius 3 is 1.81 bits per heavy atom. The van der Waals surface area contributed by atoms with Crippen LogP contribution in [0, 0.1) is 0 Å². The van der Waals surface area contributed by atoms with Crippen molar-refractivity contribution in [2.75, 3.05) is 7.05 Å². The zero-order valence-corrected chi connectivity index (χ0v) is 17.4. The summed E-state index contributed by atoms with van der Waals surface area (Å²) in [6.07, 6.45) is 11.3. The number of carboxylic acid groups (broad SMARTS) is 1. The topological polar surface area (TPSA) is 60.4 Å². The summed E-state index contributed by atoms with van der Waals surface area (Å²) in [5.41, 5.74) is 0. The van der Waals surface area contributed by atoms with Crippen LogP contribution in [0.5, 0.6) is 0 Å². The molecule has 0 fully saturated rings. The number of likely N-dealkylation sites (N-methyl/N-ethyl adjacent to an activating group) is 1. The van der Waals surface area contributed by atoms with Gasteiger partial charge in [0.1, 0.15) is 0 Å². The molecule has 118 valence electrons. The minimum atomic E-state index is -1.20. The van der Waals surface area contributed by atoms with Crippen molar-refractivity contribution in [3.63, 3.8) is 0 Å². The Balaban J connectivity index is 0. The third-order valence-corrected chi connectivity index (χ3v) is 3.81. The van der Waals surface area contributed by atoms with E-state index in [0.717, 1.165) is 12.8 Å². The standard InChI is InChI=1S/C16H31NO3.K/c1-4-5-6-7-8-9-10-11-12-13-15(18)17(3)14(2)16(19)20;/h14H,4-13H2,1-3H3,(H,19,20);/q;+1/p-1/t14-;/m0./s1. The maximum Gasteiger partial charge on any atom is 1.00 e. The second-order valence-corrected chi connectivity index (χ2v) is 5.58. The van der Waals surface area contributed by atoms with E-state index in [-0.39, 0.29) is 57.3 Å². The number of hydrogen-bond acceptors (Lipinski definition) is 3. The number of rotatable bonds is 12. The van der Waals surface area contributed by atoms with Crippen LogP contribution >= 0.6 is 0 Å². The second-order valence-electron chi connectivity index (χ2n) is 5.58. The quantitative estimate of drug-likeness (QED) is 0.360. The molecule has 21 heavy (non-hydrogen) atoms. The van der Waals surface area contributed by atoms with Gasteiger partial charge >= 0.3 is 51.4 Å². The van der Waals surface area contributed by atoms with Crippen LogP contribution in [0.25, 0.3) is 0 Å². The third kappa shape index (κ3) is 12.8. The summed E-state index contributed by atoms with van der Waals surface area (Å²) in [5, 5.41) is 10.7. The van der Waals surface area contributed by atoms with Gasteiger partial charge in [-0.25, -0.2) is 0 Å². The Kier molecular flexibility index (Phi) is 17.6. The predicted molar refractivity (Wildman–Crippen MR) is 79.1 cm³/mol. The smallest absolute Gasteiger partial charge is 0.548 e. The molecule has 0 aromatic heterocycles. The van der Waals surface area contributed by atoms with Crippen molar-refractivity contribution >= 4 is 11.9 Å². The molecule has 1 amide bonds. The zero-order valence-electron chi connectivity index (χ0n) is 14.3. The summed E-state index contributed by atoms with van der Waals surface area (Å²) in [5.74, 6) is -1.31. The molecule has 0 saturated carbocycles. The van der Waals surface area contributed by atoms with Gasteiger partial charge in [0.15, 0.2) is 0 Å². The first-order valence-corrected chi connectivity index (χ1v) is 7.97. The van der Waals surface area contributed by atoms with Gasteiger partial charge in [-0.05, 0) is 13.3 Å². The van der Waals surface area contributed by atoms with Crippen LogP contribution < -0.4 is 56.5 Å². The molecule has 0 aliphatic carbocycles. The maximum absolute atomic E-state index is 11.7. The van der Waals surface area contributed by atoms with E-state index in [4.69, 9.17) is 0 Å². The first kappa shape index (κ1) is 23.8. The molecule has 0 rings (SSSR count). The average molecular weight is 324 g/mol. The number of nitrogens with zero attached hydrogens (tertiary/aromatic N) is 1. The predicted octanol–water partition coefficient (Wildman–Crippen LogP) is -0.492. The third-order valence-electron chi connectivity index (χ3n) is 3.81. The van der Waals surface area contributed by atoms with Crippen molar-refractivity contribution < 1.29 is 66.1 Å². The Hall–Kier alpha value is 0.576. The minimum Gasteiger partial charge on any atom is -0.548 e. The number of carbonyl (C=O) groups is 2. The Morgan fingerprint density at radius 1 is 0.952 bits per heavy atom. The van der Waals surface area contributed by atoms with Gasteiger partial charge < -0.3 is 14.8 Å². The molecule has 0 aromatic rings. The number of carbonyl (C=O) groups excluding carboxylic acids is 2. The molecule has 0 spiro atoms. The molecule has 5 heteroatoms. The molecule has 0 heterocycles. The molecule has 0 bridgehead atoms. The van der Waals surface area contributed by atoms with Gasteiger partial charge in [0, 0.05) is 13.5 Å². The molecule has 1 atom stereocenters. The number of unbranched alkanes of at least 4 members (excludes halogenated alkanes) is 8. The molecule has 0 saturated heterocycles. The molecule has 0 radical (unpaired) electrons. The van der Waals surface area contributed by atoms with E-state index in [2.05, 4.69) is 6.92 Å². The molecule has 0 aliphatic rings. The molecule has 0 N–H and O–H groups in total. The van der Waals surface area contributed by atoms with Crippen molar-refractivity contribution in [3.8, 4) is 0 Å². The van der Waals surface area contributed by atoms with Crippen LogP contribution in [0.15, 0.2) is 0 Å². The Labute approximate surface area is 172 Å². The largest absolute Gasteiger partial charge is 1.00 e. The van der Waals surface area contributed by atoms with Gasteiger partial charge in [-0.3, -0.25) is 4.79 Å². The van der Waals surface area contributed by atoms with Crippen LogP contribution in [0.3, 0.4) is 0 Å². The zero-order chi connectivity index (χ0) is 15.4. The van der Waals surface area contributed by atoms with Crippen molar-refractivity contribution in [2.45, 2.75) is 84.1 Å². The van der Waals surface area contributed by atoms with E-state index in [0.29, 0.717) is 6.42 Å².